The van der Waals surface area contributed by atoms with Gasteiger partial charge in [-0.15, -0.1) is 0 Å². The fourth-order valence-electron chi connectivity index (χ4n) is 16.2. The maximum Gasteiger partial charge on any atom is 0.247 e. The molecule has 3 heteroatoms. The van der Waals surface area contributed by atoms with E-state index in [4.69, 9.17) is 4.74 Å². The first-order chi connectivity index (χ1) is 47.6. The van der Waals surface area contributed by atoms with Crippen molar-refractivity contribution in [1.29, 1.82) is 0 Å². The van der Waals surface area contributed by atoms with Crippen LogP contribution in [0.25, 0.3) is 55.6 Å². The summed E-state index contributed by atoms with van der Waals surface area (Å²) < 4.78 is 7.32. The molecule has 0 aliphatic carbocycles. The van der Waals surface area contributed by atoms with E-state index in [1.165, 1.54) is 139 Å². The summed E-state index contributed by atoms with van der Waals surface area (Å²) in [6, 6.07) is 87.1. The van der Waals surface area contributed by atoms with Crippen LogP contribution in [-0.4, -0.2) is 6.71 Å². The number of benzene rings is 11. The third-order valence-electron chi connectivity index (χ3n) is 22.6. The second kappa shape index (κ2) is 24.1. The van der Waals surface area contributed by atoms with Gasteiger partial charge in [0, 0.05) is 33.6 Å². The first-order valence-corrected chi connectivity index (χ1v) is 37.6. The van der Waals surface area contributed by atoms with Gasteiger partial charge in [-0.2, -0.15) is 0 Å². The van der Waals surface area contributed by atoms with Crippen LogP contribution in [0.2, 0.25) is 0 Å². The summed E-state index contributed by atoms with van der Waals surface area (Å²) in [5, 5.41) is 0. The van der Waals surface area contributed by atoms with Crippen LogP contribution in [0.4, 0.5) is 17.1 Å². The van der Waals surface area contributed by atoms with Crippen molar-refractivity contribution in [3.8, 4) is 67.1 Å². The minimum atomic E-state index is -0.903. The van der Waals surface area contributed by atoms with Gasteiger partial charge in [-0.3, -0.25) is 0 Å². The molecule has 3 heterocycles. The van der Waals surface area contributed by atoms with Crippen molar-refractivity contribution in [1.82, 2.24) is 0 Å². The van der Waals surface area contributed by atoms with Crippen LogP contribution in [-0.2, 0) is 48.7 Å². The molecule has 518 valence electrons. The average molecular weight is 1340 g/mol. The highest BCUT2D eigenvalue weighted by Gasteiger charge is 2.55. The molecule has 0 saturated carbocycles. The highest BCUT2D eigenvalue weighted by Crippen LogP contribution is 2.60. The second-order valence-electron chi connectivity index (χ2n) is 38.4. The molecule has 3 aliphatic heterocycles. The van der Waals surface area contributed by atoms with Crippen LogP contribution in [0.1, 0.15) is 233 Å². The molecule has 0 atom stereocenters. The molecule has 0 radical (unpaired) electrons. The third-order valence-corrected chi connectivity index (χ3v) is 22.6. The Morgan fingerprint density at radius 3 is 1.06 bits per heavy atom. The molecule has 3 aliphatic rings. The standard InChI is InChI=1S/C99H108BNO/c1-91(2,3)69-42-36-61(37-43-69)77-59-76(98(22,23)24)60-78(62-38-44-70(45-39-62)92(4,5)6)90(77)101-85-55-65(63-30-29-31-71(48-63)93(7,8)9)41-47-84(85)100-83-46-40-64(66-49-72(94(10,11)12)57-73(50-66)95(13,14)15)53-81(83)99(79-32-25-27-34-87(79)102-88-35-28-26-33-80(88)99)82-54-68(56-86(101)89(82)100)67-51-74(96(16,17)18)58-75(52-67)97(19,20)21/h25-60H,1-24H3. The number of hydrogen-bond acceptors (Lipinski definition) is 2. The summed E-state index contributed by atoms with van der Waals surface area (Å²) in [5.74, 6) is 1.74. The zero-order valence-corrected chi connectivity index (χ0v) is 65.7. The Hall–Kier alpha value is -8.92. The lowest BCUT2D eigenvalue weighted by atomic mass is 9.29. The van der Waals surface area contributed by atoms with E-state index in [1.807, 2.05) is 0 Å². The topological polar surface area (TPSA) is 12.5 Å². The predicted octanol–water partition coefficient (Wildman–Crippen LogP) is 25.5. The first-order valence-electron chi connectivity index (χ1n) is 37.6. The van der Waals surface area contributed by atoms with Crippen LogP contribution in [0, 0.1) is 0 Å². The Bertz CT molecular complexity index is 4940. The van der Waals surface area contributed by atoms with E-state index in [0.717, 1.165) is 28.3 Å². The van der Waals surface area contributed by atoms with Crippen LogP contribution in [0.3, 0.4) is 0 Å². The smallest absolute Gasteiger partial charge is 0.247 e. The van der Waals surface area contributed by atoms with Crippen molar-refractivity contribution in [3.05, 3.63) is 285 Å². The number of hydrogen-bond donors (Lipinski definition) is 0. The molecule has 11 aromatic rings. The molecule has 102 heavy (non-hydrogen) atoms. The minimum Gasteiger partial charge on any atom is -0.457 e. The molecule has 0 N–H and O–H groups in total. The highest BCUT2D eigenvalue weighted by atomic mass is 16.5. The Morgan fingerprint density at radius 1 is 0.255 bits per heavy atom. The fourth-order valence-corrected chi connectivity index (χ4v) is 16.2. The van der Waals surface area contributed by atoms with Crippen LogP contribution in [0.5, 0.6) is 11.5 Å². The van der Waals surface area contributed by atoms with Crippen LogP contribution >= 0.6 is 0 Å². The zero-order chi connectivity index (χ0) is 73.1. The Balaban J connectivity index is 1.23. The average Bonchev–Trinajstić information content (AvgIpc) is 0.665. The lowest BCUT2D eigenvalue weighted by molar-refractivity contribution is 0.435. The van der Waals surface area contributed by atoms with Gasteiger partial charge in [-0.25, -0.2) is 0 Å². The van der Waals surface area contributed by atoms with Gasteiger partial charge in [0.05, 0.1) is 11.1 Å². The molecule has 1 spiro atoms. The molecule has 0 unspecified atom stereocenters. The van der Waals surface area contributed by atoms with Crippen molar-refractivity contribution in [2.24, 2.45) is 0 Å². The summed E-state index contributed by atoms with van der Waals surface area (Å²) in [5.41, 5.74) is 32.9. The van der Waals surface area contributed by atoms with Gasteiger partial charge in [0.1, 0.15) is 11.5 Å². The Morgan fingerprint density at radius 2 is 0.608 bits per heavy atom. The van der Waals surface area contributed by atoms with E-state index in [9.17, 15) is 0 Å². The summed E-state index contributed by atoms with van der Waals surface area (Å²) >= 11 is 0. The summed E-state index contributed by atoms with van der Waals surface area (Å²) in [6.45, 7) is 56.3. The number of ether oxygens (including phenoxy) is 1. The molecular weight excluding hydrogens is 1230 g/mol. The first kappa shape index (κ1) is 70.1. The zero-order valence-electron chi connectivity index (χ0n) is 65.7. The molecule has 11 aromatic carbocycles. The number of fused-ring (bicyclic) bond motifs is 10. The lowest BCUT2D eigenvalue weighted by Crippen LogP contribution is -2.65. The quantitative estimate of drug-likeness (QED) is 0.154. The van der Waals surface area contributed by atoms with Crippen LogP contribution in [0.15, 0.2) is 218 Å². The maximum atomic E-state index is 7.32. The second-order valence-corrected chi connectivity index (χ2v) is 38.4. The largest absolute Gasteiger partial charge is 0.457 e. The number of anilines is 3. The van der Waals surface area contributed by atoms with E-state index in [0.29, 0.717) is 0 Å². The molecule has 0 saturated heterocycles. The summed E-state index contributed by atoms with van der Waals surface area (Å²) in [6.07, 6.45) is 0. The molecule has 14 rings (SSSR count). The molecule has 0 amide bonds. The van der Waals surface area contributed by atoms with E-state index >= 15 is 0 Å². The van der Waals surface area contributed by atoms with Crippen molar-refractivity contribution in [3.63, 3.8) is 0 Å². The molecule has 0 bridgehead atoms. The Labute approximate surface area is 613 Å². The summed E-state index contributed by atoms with van der Waals surface area (Å²) in [7, 11) is 0. The lowest BCUT2D eigenvalue weighted by Gasteiger charge is -2.51. The van der Waals surface area contributed by atoms with Gasteiger partial charge in [-0.1, -0.05) is 348 Å². The van der Waals surface area contributed by atoms with Crippen molar-refractivity contribution in [2.45, 2.75) is 215 Å². The van der Waals surface area contributed by atoms with Gasteiger partial charge in [0.25, 0.3) is 0 Å². The predicted molar refractivity (Wildman–Crippen MR) is 441 cm³/mol. The van der Waals surface area contributed by atoms with Gasteiger partial charge >= 0.3 is 0 Å². The van der Waals surface area contributed by atoms with E-state index < -0.39 is 5.41 Å². The van der Waals surface area contributed by atoms with E-state index in [1.54, 1.807) is 0 Å². The van der Waals surface area contributed by atoms with Gasteiger partial charge in [0.15, 0.2) is 0 Å². The van der Waals surface area contributed by atoms with Crippen molar-refractivity contribution in [2.75, 3.05) is 4.90 Å². The van der Waals surface area contributed by atoms with E-state index in [-0.39, 0.29) is 50.0 Å². The fraction of sp³-hybridized carbons (Fsp3) is 0.333. The van der Waals surface area contributed by atoms with E-state index in [2.05, 4.69) is 389 Å². The number of rotatable bonds is 6. The SMILES string of the molecule is CC(C)(C)c1ccc(-c2cc(C(C)(C)C)cc(-c3ccc(C(C)(C)C)cc3)c2N2c3cc(-c4cccc(C(C)(C)C)c4)ccc3B3c4ccc(-c5cc(C(C)(C)C)cc(C(C)(C)C)c5)cc4C4(c5ccccc5Oc5ccccc54)c4cc(-c5cc(C(C)(C)C)cc(C(C)(C)C)c5)cc2c43)cc1. The van der Waals surface area contributed by atoms with Crippen molar-refractivity contribution < 1.29 is 4.74 Å². The minimum absolute atomic E-state index is 0.0486. The maximum absolute atomic E-state index is 7.32. The van der Waals surface area contributed by atoms with Gasteiger partial charge in [-0.05, 0) is 197 Å². The Kier molecular flexibility index (Phi) is 16.6. The van der Waals surface area contributed by atoms with Crippen molar-refractivity contribution >= 4 is 40.2 Å². The number of para-hydroxylation sites is 2. The van der Waals surface area contributed by atoms with Gasteiger partial charge < -0.3 is 9.64 Å². The normalized spacial score (nSPS) is 14.4. The molecular formula is C99H108BNO. The highest BCUT2D eigenvalue weighted by molar-refractivity contribution is 6.99. The van der Waals surface area contributed by atoms with Crippen LogP contribution < -0.4 is 26.0 Å². The summed E-state index contributed by atoms with van der Waals surface area (Å²) in [4.78, 5) is 2.78. The number of nitrogens with zero attached hydrogens (tertiary/aromatic N) is 1. The monoisotopic (exact) mass is 1340 g/mol. The third kappa shape index (κ3) is 12.3. The molecule has 2 nitrogen and oxygen atoms in total. The molecule has 0 fully saturated rings. The molecule has 0 aromatic heterocycles. The van der Waals surface area contributed by atoms with Gasteiger partial charge in [0.2, 0.25) is 6.71 Å².